The van der Waals surface area contributed by atoms with E-state index in [9.17, 15) is 24.0 Å². The zero-order valence-electron chi connectivity index (χ0n) is 25.9. The second-order valence-electron chi connectivity index (χ2n) is 11.9. The lowest BCUT2D eigenvalue weighted by atomic mass is 9.98. The number of carbonyl (C=O) groups is 5. The molecule has 2 fully saturated rings. The first-order chi connectivity index (χ1) is 19.9. The van der Waals surface area contributed by atoms with E-state index in [1.54, 1.807) is 25.8 Å². The van der Waals surface area contributed by atoms with Crippen LogP contribution in [0.3, 0.4) is 0 Å². The normalized spacial score (nSPS) is 19.3. The summed E-state index contributed by atoms with van der Waals surface area (Å²) in [5.74, 6) is -1.61. The number of nitrogens with zero attached hydrogens (tertiary/aromatic N) is 4. The van der Waals surface area contributed by atoms with Crippen molar-refractivity contribution < 1.29 is 28.8 Å². The van der Waals surface area contributed by atoms with Gasteiger partial charge in [-0.1, -0.05) is 44.2 Å². The molecule has 1 N–H and O–H groups in total. The molecule has 2 aliphatic heterocycles. The summed E-state index contributed by atoms with van der Waals surface area (Å²) in [5.41, 5.74) is 0.855. The van der Waals surface area contributed by atoms with Crippen LogP contribution in [0.2, 0.25) is 0 Å². The van der Waals surface area contributed by atoms with Gasteiger partial charge < -0.3 is 20.0 Å². The number of rotatable bonds is 12. The van der Waals surface area contributed by atoms with Crippen LogP contribution in [0.1, 0.15) is 65.4 Å². The van der Waals surface area contributed by atoms with Gasteiger partial charge in [0.15, 0.2) is 0 Å². The number of hydroxylamine groups is 2. The molecule has 0 spiro atoms. The Kier molecular flexibility index (Phi) is 11.9. The lowest BCUT2D eigenvalue weighted by Gasteiger charge is -2.37. The highest BCUT2D eigenvalue weighted by atomic mass is 16.7. The predicted molar refractivity (Wildman–Crippen MR) is 158 cm³/mol. The van der Waals surface area contributed by atoms with Crippen LogP contribution < -0.4 is 5.32 Å². The molecule has 1 aromatic carbocycles. The molecule has 0 aromatic heterocycles. The van der Waals surface area contributed by atoms with Crippen LogP contribution in [0.4, 0.5) is 0 Å². The summed E-state index contributed by atoms with van der Waals surface area (Å²) in [6.45, 7) is 8.55. The number of likely N-dealkylation sites (N-methyl/N-ethyl adjacent to an activating group) is 2. The van der Waals surface area contributed by atoms with Crippen molar-refractivity contribution in [3.8, 4) is 0 Å². The van der Waals surface area contributed by atoms with Crippen molar-refractivity contribution in [1.82, 2.24) is 25.1 Å². The largest absolute Gasteiger partial charge is 0.345 e. The van der Waals surface area contributed by atoms with Crippen molar-refractivity contribution in [3.63, 3.8) is 0 Å². The molecule has 11 nitrogen and oxygen atoms in total. The van der Waals surface area contributed by atoms with Crippen molar-refractivity contribution in [2.24, 2.45) is 5.92 Å². The molecule has 0 bridgehead atoms. The van der Waals surface area contributed by atoms with E-state index in [1.165, 1.54) is 16.8 Å². The van der Waals surface area contributed by atoms with Crippen molar-refractivity contribution in [1.29, 1.82) is 0 Å². The second-order valence-corrected chi connectivity index (χ2v) is 11.9. The number of piperidine rings is 1. The Labute approximate surface area is 249 Å². The topological polar surface area (TPSA) is 120 Å². The number of hydrogen-bond acceptors (Lipinski definition) is 6. The summed E-state index contributed by atoms with van der Waals surface area (Å²) in [5, 5.41) is 3.83. The third-order valence-corrected chi connectivity index (χ3v) is 8.07. The molecule has 3 rings (SSSR count). The fourth-order valence-corrected chi connectivity index (χ4v) is 5.41. The van der Waals surface area contributed by atoms with Crippen LogP contribution in [0.25, 0.3) is 0 Å². The maximum absolute atomic E-state index is 14.0. The van der Waals surface area contributed by atoms with Crippen LogP contribution >= 0.6 is 0 Å². The summed E-state index contributed by atoms with van der Waals surface area (Å²) < 4.78 is 0. The molecule has 5 amide bonds. The van der Waals surface area contributed by atoms with Gasteiger partial charge in [-0.25, -0.2) is 5.06 Å². The molecule has 0 unspecified atom stereocenters. The van der Waals surface area contributed by atoms with E-state index in [4.69, 9.17) is 4.84 Å². The standard InChI is InChI=1S/C31H47N5O6/c1-21(2)17-25(30(40)33(5)23(4)29(39)32-20-28(38)35-15-11-8-12-16-35)34(6)31(41)26(19-24-13-9-7-10-14-24)36-27(37)18-22(3)42-36/h7,9-10,13-14,21-23,25-26H,8,11-12,15-20H2,1-6H3,(H,32,39)/t22-,23+,25+,26+/m1/s1. The van der Waals surface area contributed by atoms with E-state index in [0.29, 0.717) is 19.5 Å². The van der Waals surface area contributed by atoms with Gasteiger partial charge in [-0.15, -0.1) is 0 Å². The maximum Gasteiger partial charge on any atom is 0.249 e. The molecule has 4 atom stereocenters. The van der Waals surface area contributed by atoms with Gasteiger partial charge in [-0.3, -0.25) is 28.8 Å². The van der Waals surface area contributed by atoms with E-state index in [0.717, 1.165) is 29.9 Å². The van der Waals surface area contributed by atoms with Gasteiger partial charge >= 0.3 is 0 Å². The molecule has 42 heavy (non-hydrogen) atoms. The third kappa shape index (κ3) is 8.53. The van der Waals surface area contributed by atoms with Crippen LogP contribution in [0.15, 0.2) is 30.3 Å². The minimum Gasteiger partial charge on any atom is -0.345 e. The molecule has 0 aliphatic carbocycles. The highest BCUT2D eigenvalue weighted by Gasteiger charge is 2.42. The average molecular weight is 586 g/mol. The smallest absolute Gasteiger partial charge is 0.249 e. The first-order valence-corrected chi connectivity index (χ1v) is 15.0. The molecular formula is C31H47N5O6. The quantitative estimate of drug-likeness (QED) is 0.401. The zero-order valence-corrected chi connectivity index (χ0v) is 25.9. The van der Waals surface area contributed by atoms with Crippen LogP contribution in [-0.4, -0.2) is 107 Å². The van der Waals surface area contributed by atoms with Crippen molar-refractivity contribution in [2.45, 2.75) is 90.4 Å². The first-order valence-electron chi connectivity index (χ1n) is 15.0. The van der Waals surface area contributed by atoms with Crippen LogP contribution in [0.5, 0.6) is 0 Å². The van der Waals surface area contributed by atoms with Gasteiger partial charge in [-0.05, 0) is 51.0 Å². The predicted octanol–water partition coefficient (Wildman–Crippen LogP) is 2.00. The van der Waals surface area contributed by atoms with E-state index < -0.39 is 35.8 Å². The summed E-state index contributed by atoms with van der Waals surface area (Å²) in [6, 6.07) is 6.67. The molecule has 2 aliphatic rings. The Balaban J connectivity index is 1.74. The zero-order chi connectivity index (χ0) is 31.0. The maximum atomic E-state index is 14.0. The van der Waals surface area contributed by atoms with Gasteiger partial charge in [0.25, 0.3) is 0 Å². The van der Waals surface area contributed by atoms with Gasteiger partial charge in [0.2, 0.25) is 29.5 Å². The molecule has 0 saturated carbocycles. The van der Waals surface area contributed by atoms with Crippen LogP contribution in [-0.2, 0) is 35.2 Å². The lowest BCUT2D eigenvalue weighted by Crippen LogP contribution is -2.58. The SMILES string of the molecule is CC(C)C[C@@H](C(=O)N(C)[C@@H](C)C(=O)NCC(=O)N1CCCCC1)N(C)C(=O)[C@H](Cc1ccccc1)N1O[C@H](C)CC1=O. The van der Waals surface area contributed by atoms with E-state index in [2.05, 4.69) is 5.32 Å². The Morgan fingerprint density at radius 3 is 2.19 bits per heavy atom. The second kappa shape index (κ2) is 15.1. The molecule has 11 heteroatoms. The van der Waals surface area contributed by atoms with E-state index in [1.807, 2.05) is 44.2 Å². The minimum atomic E-state index is -0.954. The summed E-state index contributed by atoms with van der Waals surface area (Å²) >= 11 is 0. The average Bonchev–Trinajstić information content (AvgIpc) is 3.33. The number of nitrogens with one attached hydrogen (secondary N) is 1. The Morgan fingerprint density at radius 1 is 0.976 bits per heavy atom. The van der Waals surface area contributed by atoms with Gasteiger partial charge in [0.1, 0.15) is 18.1 Å². The number of hydrogen-bond donors (Lipinski definition) is 1. The Bertz CT molecular complexity index is 1110. The van der Waals surface area contributed by atoms with Gasteiger partial charge in [0, 0.05) is 33.6 Å². The third-order valence-electron chi connectivity index (χ3n) is 8.07. The van der Waals surface area contributed by atoms with Gasteiger partial charge in [-0.2, -0.15) is 0 Å². The molecule has 2 heterocycles. The number of carbonyl (C=O) groups excluding carboxylic acids is 5. The highest BCUT2D eigenvalue weighted by molar-refractivity contribution is 5.95. The summed E-state index contributed by atoms with van der Waals surface area (Å²) in [6.07, 6.45) is 3.42. The van der Waals surface area contributed by atoms with Crippen molar-refractivity contribution in [2.75, 3.05) is 33.7 Å². The summed E-state index contributed by atoms with van der Waals surface area (Å²) in [4.78, 5) is 76.4. The molecular weight excluding hydrogens is 538 g/mol. The Morgan fingerprint density at radius 2 is 1.62 bits per heavy atom. The van der Waals surface area contributed by atoms with Crippen LogP contribution in [0, 0.1) is 5.92 Å². The molecule has 232 valence electrons. The number of likely N-dealkylation sites (tertiary alicyclic amines) is 1. The monoisotopic (exact) mass is 585 g/mol. The van der Waals surface area contributed by atoms with E-state index >= 15 is 0 Å². The van der Waals surface area contributed by atoms with Crippen molar-refractivity contribution in [3.05, 3.63) is 35.9 Å². The first kappa shape index (κ1) is 33.0. The van der Waals surface area contributed by atoms with Gasteiger partial charge in [0.05, 0.1) is 19.1 Å². The highest BCUT2D eigenvalue weighted by Crippen LogP contribution is 2.24. The fourth-order valence-electron chi connectivity index (χ4n) is 5.41. The van der Waals surface area contributed by atoms with E-state index in [-0.39, 0.29) is 43.2 Å². The van der Waals surface area contributed by atoms with Crippen molar-refractivity contribution >= 4 is 29.5 Å². The summed E-state index contributed by atoms with van der Waals surface area (Å²) in [7, 11) is 3.09. The molecule has 2 saturated heterocycles. The number of amides is 5. The fraction of sp³-hybridized carbons (Fsp3) is 0.645. The molecule has 1 aromatic rings. The lowest BCUT2D eigenvalue weighted by molar-refractivity contribution is -0.193. The number of benzene rings is 1. The molecule has 0 radical (unpaired) electrons. The minimum absolute atomic E-state index is 0.0613. The Hall–Kier alpha value is -3.47.